The zero-order valence-electron chi connectivity index (χ0n) is 23.3. The summed E-state index contributed by atoms with van der Waals surface area (Å²) < 4.78 is 63.9. The molecular weight excluding hydrogens is 618 g/mol. The van der Waals surface area contributed by atoms with E-state index >= 15 is 8.78 Å². The molecule has 2 fully saturated rings. The maximum absolute atomic E-state index is 15.9. The average molecular weight is 643 g/mol. The number of benzene rings is 1. The van der Waals surface area contributed by atoms with E-state index in [1.807, 2.05) is 6.92 Å². The fraction of sp³-hybridized carbons (Fsp3) is 0.276. The van der Waals surface area contributed by atoms with Gasteiger partial charge in [-0.1, -0.05) is 24.2 Å². The van der Waals surface area contributed by atoms with Crippen molar-refractivity contribution in [2.45, 2.75) is 23.1 Å². The molecule has 1 amide bonds. The number of rotatable bonds is 6. The summed E-state index contributed by atoms with van der Waals surface area (Å²) in [7, 11) is -4.00. The first kappa shape index (κ1) is 29.8. The van der Waals surface area contributed by atoms with Crippen molar-refractivity contribution in [3.05, 3.63) is 82.5 Å². The summed E-state index contributed by atoms with van der Waals surface area (Å²) >= 11 is 6.26. The highest BCUT2D eigenvalue weighted by atomic mass is 35.5. The monoisotopic (exact) mass is 642 g/mol. The number of ether oxygens (including phenoxy) is 1. The summed E-state index contributed by atoms with van der Waals surface area (Å²) in [4.78, 5) is 42.0. The Morgan fingerprint density at radius 1 is 1.16 bits per heavy atom. The van der Waals surface area contributed by atoms with Gasteiger partial charge in [0.25, 0.3) is 0 Å². The van der Waals surface area contributed by atoms with E-state index in [-0.39, 0.29) is 82.8 Å². The lowest BCUT2D eigenvalue weighted by Crippen LogP contribution is -2.54. The van der Waals surface area contributed by atoms with Crippen LogP contribution in [0, 0.1) is 11.6 Å². The number of piperazine rings is 1. The number of hydrogen-bond donors (Lipinski definition) is 0. The van der Waals surface area contributed by atoms with E-state index in [4.69, 9.17) is 16.3 Å². The van der Waals surface area contributed by atoms with Crippen LogP contribution < -0.4 is 10.6 Å². The predicted octanol–water partition coefficient (Wildman–Crippen LogP) is 3.17. The van der Waals surface area contributed by atoms with E-state index in [9.17, 15) is 18.0 Å². The SMILES string of the molecule is C=CC(=O)N1CCN(c2nc(=O)n(-c3cnccc3S(=O)(=O)C3COC3)c3nc(-c4c(F)cccc4Cl)c(F)cc23)[C@@H](C)C1. The number of carbonyl (C=O) groups is 1. The molecule has 4 aromatic rings. The molecule has 0 saturated carbocycles. The zero-order valence-corrected chi connectivity index (χ0v) is 24.9. The lowest BCUT2D eigenvalue weighted by Gasteiger charge is -2.40. The number of amides is 1. The molecule has 2 saturated heterocycles. The van der Waals surface area contributed by atoms with Gasteiger partial charge in [0, 0.05) is 31.9 Å². The molecule has 2 aliphatic heterocycles. The molecule has 11 nitrogen and oxygen atoms in total. The third kappa shape index (κ3) is 4.92. The Labute approximate surface area is 255 Å². The van der Waals surface area contributed by atoms with Crippen LogP contribution in [0.15, 0.2) is 65.1 Å². The van der Waals surface area contributed by atoms with Gasteiger partial charge in [0.05, 0.1) is 46.0 Å². The minimum Gasteiger partial charge on any atom is -0.379 e. The number of anilines is 1. The van der Waals surface area contributed by atoms with Gasteiger partial charge in [-0.2, -0.15) is 4.98 Å². The van der Waals surface area contributed by atoms with Crippen LogP contribution in [-0.2, 0) is 19.4 Å². The minimum absolute atomic E-state index is 0.0193. The Morgan fingerprint density at radius 2 is 1.93 bits per heavy atom. The van der Waals surface area contributed by atoms with Gasteiger partial charge in [-0.05, 0) is 37.3 Å². The molecule has 15 heteroatoms. The van der Waals surface area contributed by atoms with Crippen molar-refractivity contribution in [3.63, 3.8) is 0 Å². The molecule has 0 aliphatic carbocycles. The molecule has 0 radical (unpaired) electrons. The fourth-order valence-corrected chi connectivity index (χ4v) is 7.25. The number of hydrogen-bond acceptors (Lipinski definition) is 9. The van der Waals surface area contributed by atoms with Crippen LogP contribution in [0.25, 0.3) is 28.0 Å². The normalized spacial score (nSPS) is 17.5. The first-order chi connectivity index (χ1) is 21.0. The Hall–Kier alpha value is -4.27. The third-order valence-corrected chi connectivity index (χ3v) is 10.2. The van der Waals surface area contributed by atoms with Crippen molar-refractivity contribution in [1.82, 2.24) is 24.4 Å². The molecular formula is C29H25ClF2N6O5S. The second-order valence-electron chi connectivity index (χ2n) is 10.4. The van der Waals surface area contributed by atoms with E-state index < -0.39 is 38.1 Å². The minimum atomic E-state index is -4.00. The Bertz CT molecular complexity index is 1980. The summed E-state index contributed by atoms with van der Waals surface area (Å²) in [5, 5.41) is -0.913. The average Bonchev–Trinajstić information content (AvgIpc) is 2.96. The van der Waals surface area contributed by atoms with Crippen LogP contribution >= 0.6 is 11.6 Å². The smallest absolute Gasteiger partial charge is 0.355 e. The standard InChI is InChI=1S/C29H25ClF2N6O5S/c1-3-24(39)36-9-10-37(16(2)13-36)27-18-11-21(32)26(25-19(30)5-4-6-20(25)31)34-28(18)38(29(40)35-27)22-12-33-8-7-23(22)44(41,42)17-14-43-15-17/h3-8,11-12,16-17H,1,9-10,13-15H2,2H3/t16-/m0/s1. The maximum Gasteiger partial charge on any atom is 0.355 e. The van der Waals surface area contributed by atoms with E-state index in [2.05, 4.69) is 21.5 Å². The summed E-state index contributed by atoms with van der Waals surface area (Å²) in [5.41, 5.74) is -2.10. The van der Waals surface area contributed by atoms with Gasteiger partial charge in [-0.3, -0.25) is 9.78 Å². The van der Waals surface area contributed by atoms with E-state index in [1.165, 1.54) is 36.7 Å². The molecule has 44 heavy (non-hydrogen) atoms. The number of pyridine rings is 2. The van der Waals surface area contributed by atoms with Gasteiger partial charge in [-0.25, -0.2) is 31.5 Å². The number of carbonyl (C=O) groups excluding carboxylic acids is 1. The highest BCUT2D eigenvalue weighted by Crippen LogP contribution is 2.36. The van der Waals surface area contributed by atoms with Crippen LogP contribution in [0.4, 0.5) is 14.6 Å². The second-order valence-corrected chi connectivity index (χ2v) is 13.0. The van der Waals surface area contributed by atoms with E-state index in [1.54, 1.807) is 9.80 Å². The number of fused-ring (bicyclic) bond motifs is 1. The Kier molecular flexibility index (Phi) is 7.68. The van der Waals surface area contributed by atoms with E-state index in [0.29, 0.717) is 0 Å². The van der Waals surface area contributed by atoms with Crippen molar-refractivity contribution >= 4 is 44.2 Å². The zero-order chi connectivity index (χ0) is 31.3. The van der Waals surface area contributed by atoms with Crippen molar-refractivity contribution in [1.29, 1.82) is 0 Å². The summed E-state index contributed by atoms with van der Waals surface area (Å²) in [6.07, 6.45) is 3.66. The van der Waals surface area contributed by atoms with Gasteiger partial charge in [0.2, 0.25) is 5.91 Å². The third-order valence-electron chi connectivity index (χ3n) is 7.74. The topological polar surface area (TPSA) is 128 Å². The quantitative estimate of drug-likeness (QED) is 0.291. The first-order valence-corrected chi connectivity index (χ1v) is 15.5. The van der Waals surface area contributed by atoms with Crippen molar-refractivity contribution < 1.29 is 26.7 Å². The molecule has 0 spiro atoms. The van der Waals surface area contributed by atoms with Crippen molar-refractivity contribution in [2.75, 3.05) is 37.7 Å². The Balaban J connectivity index is 1.63. The molecule has 5 heterocycles. The van der Waals surface area contributed by atoms with Crippen LogP contribution in [-0.4, -0.2) is 82.9 Å². The molecule has 1 atom stereocenters. The van der Waals surface area contributed by atoms with Crippen LogP contribution in [0.3, 0.4) is 0 Å². The molecule has 3 aromatic heterocycles. The molecule has 2 aliphatic rings. The molecule has 6 rings (SSSR count). The van der Waals surface area contributed by atoms with Gasteiger partial charge in [-0.15, -0.1) is 0 Å². The largest absolute Gasteiger partial charge is 0.379 e. The van der Waals surface area contributed by atoms with E-state index in [0.717, 1.165) is 16.7 Å². The van der Waals surface area contributed by atoms with Gasteiger partial charge < -0.3 is 14.5 Å². The molecule has 0 bridgehead atoms. The molecule has 1 aromatic carbocycles. The fourth-order valence-electron chi connectivity index (χ4n) is 5.40. The molecule has 0 unspecified atom stereocenters. The van der Waals surface area contributed by atoms with Crippen LogP contribution in [0.1, 0.15) is 6.92 Å². The maximum atomic E-state index is 15.9. The lowest BCUT2D eigenvalue weighted by molar-refractivity contribution is -0.126. The lowest BCUT2D eigenvalue weighted by atomic mass is 10.1. The van der Waals surface area contributed by atoms with Crippen LogP contribution in [0.5, 0.6) is 0 Å². The highest BCUT2D eigenvalue weighted by molar-refractivity contribution is 7.92. The van der Waals surface area contributed by atoms with Crippen LogP contribution in [0.2, 0.25) is 5.02 Å². The number of sulfone groups is 1. The van der Waals surface area contributed by atoms with Gasteiger partial charge >= 0.3 is 5.69 Å². The first-order valence-electron chi connectivity index (χ1n) is 13.5. The summed E-state index contributed by atoms with van der Waals surface area (Å²) in [6, 6.07) is 5.77. The number of aromatic nitrogens is 4. The van der Waals surface area contributed by atoms with Gasteiger partial charge in [0.1, 0.15) is 22.6 Å². The second kappa shape index (κ2) is 11.3. The molecule has 0 N–H and O–H groups in total. The summed E-state index contributed by atoms with van der Waals surface area (Å²) in [6.45, 7) is 6.08. The molecule has 228 valence electrons. The highest BCUT2D eigenvalue weighted by Gasteiger charge is 2.37. The number of nitrogens with zero attached hydrogens (tertiary/aromatic N) is 6. The number of halogens is 3. The van der Waals surface area contributed by atoms with Crippen molar-refractivity contribution in [3.8, 4) is 16.9 Å². The van der Waals surface area contributed by atoms with Crippen molar-refractivity contribution in [2.24, 2.45) is 0 Å². The van der Waals surface area contributed by atoms with Gasteiger partial charge in [0.15, 0.2) is 21.3 Å². The Morgan fingerprint density at radius 3 is 2.59 bits per heavy atom. The summed E-state index contributed by atoms with van der Waals surface area (Å²) in [5.74, 6) is -1.99. The predicted molar refractivity (Wildman–Crippen MR) is 159 cm³/mol.